The molecular weight excluding hydrogens is 468 g/mol. The maximum atomic E-state index is 13.0. The highest BCUT2D eigenvalue weighted by atomic mass is 28.3. The lowest BCUT2D eigenvalue weighted by Gasteiger charge is -2.38. The molecule has 2 aromatic heterocycles. The van der Waals surface area contributed by atoms with Crippen LogP contribution in [0.5, 0.6) is 0 Å². The monoisotopic (exact) mass is 506 g/mol. The Morgan fingerprint density at radius 3 is 2.83 bits per heavy atom. The van der Waals surface area contributed by atoms with Gasteiger partial charge in [-0.15, -0.1) is 0 Å². The smallest absolute Gasteiger partial charge is 0.256 e. The Bertz CT molecular complexity index is 1300. The van der Waals surface area contributed by atoms with E-state index in [1.54, 1.807) is 6.20 Å². The van der Waals surface area contributed by atoms with Crippen molar-refractivity contribution < 1.29 is 9.53 Å². The molecular formula is C27H38N6O2Si. The lowest BCUT2D eigenvalue weighted by atomic mass is 10.1. The highest BCUT2D eigenvalue weighted by molar-refractivity contribution is 6.76. The number of rotatable bonds is 9. The summed E-state index contributed by atoms with van der Waals surface area (Å²) in [6.45, 7) is 13.5. The number of nitrogens with one attached hydrogen (secondary N) is 2. The van der Waals surface area contributed by atoms with Crippen LogP contribution in [0.2, 0.25) is 25.7 Å². The minimum absolute atomic E-state index is 0.137. The maximum absolute atomic E-state index is 13.0. The summed E-state index contributed by atoms with van der Waals surface area (Å²) < 4.78 is 10.3. The second-order valence-electron chi connectivity index (χ2n) is 11.3. The molecule has 8 nitrogen and oxygen atoms in total. The summed E-state index contributed by atoms with van der Waals surface area (Å²) in [7, 11) is 0.752. The molecule has 0 spiro atoms. The molecule has 1 saturated heterocycles. The van der Waals surface area contributed by atoms with Crippen LogP contribution in [-0.4, -0.2) is 52.4 Å². The van der Waals surface area contributed by atoms with Crippen LogP contribution in [0.1, 0.15) is 40.7 Å². The predicted octanol–water partition coefficient (Wildman–Crippen LogP) is 4.11. The van der Waals surface area contributed by atoms with Gasteiger partial charge >= 0.3 is 0 Å². The average Bonchev–Trinajstić information content (AvgIpc) is 3.38. The van der Waals surface area contributed by atoms with E-state index in [1.165, 1.54) is 17.7 Å². The first-order valence-electron chi connectivity index (χ1n) is 12.9. The second-order valence-corrected chi connectivity index (χ2v) is 17.0. The van der Waals surface area contributed by atoms with Crippen molar-refractivity contribution in [3.63, 3.8) is 0 Å². The lowest BCUT2D eigenvalue weighted by Crippen LogP contribution is -2.45. The number of likely N-dealkylation sites (tertiary alicyclic amines) is 1. The maximum Gasteiger partial charge on any atom is 0.256 e. The molecule has 5 rings (SSSR count). The molecule has 0 saturated carbocycles. The van der Waals surface area contributed by atoms with E-state index in [9.17, 15) is 4.79 Å². The minimum atomic E-state index is -1.15. The topological polar surface area (TPSA) is 76.3 Å². The normalized spacial score (nSPS) is 17.9. The number of carbonyl (C=O) groups excluding carboxylic acids is 1. The highest BCUT2D eigenvalue weighted by Gasteiger charge is 2.27. The Morgan fingerprint density at radius 1 is 1.28 bits per heavy atom. The first-order chi connectivity index (χ1) is 17.2. The van der Waals surface area contributed by atoms with E-state index in [4.69, 9.17) is 4.74 Å². The van der Waals surface area contributed by atoms with Crippen LogP contribution in [0.25, 0.3) is 17.0 Å². The van der Waals surface area contributed by atoms with Crippen molar-refractivity contribution in [3.05, 3.63) is 58.8 Å². The molecule has 0 aliphatic carbocycles. The number of carbonyl (C=O) groups is 1. The number of amides is 1. The third kappa shape index (κ3) is 5.28. The Hall–Kier alpha value is -2.88. The standard InChI is InChI=1S/C27H38N6O2Si/c1-19-8-9-32(19)17-23-13-22-15-28-26(14-25(22)33(23)18-35-10-11-36(3,4)5)30-27(34)20-6-7-24-21(12-20)16-29-31(24)2/h6-7,12-14,16,19,28H,8-11,15,17-18H2,1-5H3,(H,30,34)/t19-/m1/s1. The minimum Gasteiger partial charge on any atom is -0.367 e. The fraction of sp³-hybridized carbons (Fsp3) is 0.481. The molecule has 2 N–H and O–H groups in total. The van der Waals surface area contributed by atoms with Crippen molar-refractivity contribution in [1.29, 1.82) is 0 Å². The molecule has 1 aromatic carbocycles. The Kier molecular flexibility index (Phi) is 6.80. The molecule has 9 heteroatoms. The van der Waals surface area contributed by atoms with Gasteiger partial charge in [-0.05, 0) is 49.2 Å². The van der Waals surface area contributed by atoms with Crippen LogP contribution in [-0.2, 0) is 31.6 Å². The van der Waals surface area contributed by atoms with Gasteiger partial charge in [-0.2, -0.15) is 5.10 Å². The number of aryl methyl sites for hydroxylation is 1. The summed E-state index contributed by atoms with van der Waals surface area (Å²) in [6.07, 6.45) is 5.09. The van der Waals surface area contributed by atoms with Gasteiger partial charge in [0, 0.05) is 70.1 Å². The molecule has 2 aliphatic rings. The van der Waals surface area contributed by atoms with Crippen LogP contribution >= 0.6 is 0 Å². The van der Waals surface area contributed by atoms with Crippen molar-refractivity contribution in [2.75, 3.05) is 13.2 Å². The summed E-state index contributed by atoms with van der Waals surface area (Å²) in [5.74, 6) is 0.575. The summed E-state index contributed by atoms with van der Waals surface area (Å²) in [6, 6.07) is 9.72. The zero-order valence-corrected chi connectivity index (χ0v) is 23.1. The third-order valence-electron chi connectivity index (χ3n) is 7.35. The van der Waals surface area contributed by atoms with Gasteiger partial charge in [-0.3, -0.25) is 14.4 Å². The number of ether oxygens (including phenoxy) is 1. The number of benzene rings is 1. The molecule has 0 bridgehead atoms. The first kappa shape index (κ1) is 24.8. The SMILES string of the molecule is C[C@@H]1CCN1Cc1cc2c(n1COCC[Si](C)(C)C)C=C(NC(=O)c1ccc3c(cnn3C)c1)NC2. The molecule has 36 heavy (non-hydrogen) atoms. The van der Waals surface area contributed by atoms with E-state index >= 15 is 0 Å². The number of hydrogen-bond acceptors (Lipinski definition) is 5. The Balaban J connectivity index is 1.35. The molecule has 1 atom stereocenters. The van der Waals surface area contributed by atoms with Gasteiger partial charge in [0.1, 0.15) is 12.6 Å². The van der Waals surface area contributed by atoms with E-state index in [-0.39, 0.29) is 5.91 Å². The van der Waals surface area contributed by atoms with Crippen LogP contribution in [0.15, 0.2) is 36.3 Å². The van der Waals surface area contributed by atoms with E-state index in [1.807, 2.05) is 36.0 Å². The van der Waals surface area contributed by atoms with Crippen LogP contribution < -0.4 is 10.6 Å². The number of fused-ring (bicyclic) bond motifs is 2. The fourth-order valence-corrected chi connectivity index (χ4v) is 5.54. The number of aromatic nitrogens is 3. The third-order valence-corrected chi connectivity index (χ3v) is 9.06. The van der Waals surface area contributed by atoms with Gasteiger partial charge in [0.25, 0.3) is 5.91 Å². The van der Waals surface area contributed by atoms with Gasteiger partial charge in [-0.25, -0.2) is 0 Å². The molecule has 0 unspecified atom stereocenters. The van der Waals surface area contributed by atoms with E-state index in [0.717, 1.165) is 42.3 Å². The molecule has 1 amide bonds. The van der Waals surface area contributed by atoms with Gasteiger partial charge in [0.2, 0.25) is 0 Å². The molecule has 1 fully saturated rings. The lowest BCUT2D eigenvalue weighted by molar-refractivity contribution is 0.0699. The molecule has 3 aromatic rings. The first-order valence-corrected chi connectivity index (χ1v) is 16.6. The largest absolute Gasteiger partial charge is 0.367 e. The zero-order valence-electron chi connectivity index (χ0n) is 22.1. The highest BCUT2D eigenvalue weighted by Crippen LogP contribution is 2.27. The van der Waals surface area contributed by atoms with Crippen molar-refractivity contribution in [3.8, 4) is 0 Å². The number of hydrogen-bond donors (Lipinski definition) is 2. The predicted molar refractivity (Wildman–Crippen MR) is 146 cm³/mol. The van der Waals surface area contributed by atoms with Gasteiger partial charge in [0.05, 0.1) is 17.4 Å². The van der Waals surface area contributed by atoms with Gasteiger partial charge < -0.3 is 19.9 Å². The summed E-state index contributed by atoms with van der Waals surface area (Å²) >= 11 is 0. The van der Waals surface area contributed by atoms with Crippen LogP contribution in [0.3, 0.4) is 0 Å². The molecule has 0 radical (unpaired) electrons. The van der Waals surface area contributed by atoms with Crippen LogP contribution in [0, 0.1) is 0 Å². The molecule has 2 aliphatic heterocycles. The number of nitrogens with zero attached hydrogens (tertiary/aromatic N) is 4. The summed E-state index contributed by atoms with van der Waals surface area (Å²) in [5.41, 5.74) is 5.24. The van der Waals surface area contributed by atoms with Crippen molar-refractivity contribution >= 4 is 31.0 Å². The zero-order chi connectivity index (χ0) is 25.4. The Morgan fingerprint density at radius 2 is 2.11 bits per heavy atom. The fourth-order valence-electron chi connectivity index (χ4n) is 4.78. The Labute approximate surface area is 214 Å². The van der Waals surface area contributed by atoms with E-state index < -0.39 is 8.07 Å². The van der Waals surface area contributed by atoms with Crippen molar-refractivity contribution in [2.24, 2.45) is 7.05 Å². The van der Waals surface area contributed by atoms with Crippen molar-refractivity contribution in [2.45, 2.75) is 64.9 Å². The quantitative estimate of drug-likeness (QED) is 0.337. The van der Waals surface area contributed by atoms with Crippen molar-refractivity contribution in [1.82, 2.24) is 29.9 Å². The summed E-state index contributed by atoms with van der Waals surface area (Å²) in [5, 5.41) is 11.7. The van der Waals surface area contributed by atoms with Gasteiger partial charge in [0.15, 0.2) is 0 Å². The van der Waals surface area contributed by atoms with Gasteiger partial charge in [-0.1, -0.05) is 19.6 Å². The molecule has 192 valence electrons. The second kappa shape index (κ2) is 9.88. The summed E-state index contributed by atoms with van der Waals surface area (Å²) in [4.78, 5) is 15.6. The van der Waals surface area contributed by atoms with Crippen LogP contribution in [0.4, 0.5) is 0 Å². The average molecular weight is 507 g/mol. The molecule has 4 heterocycles. The van der Waals surface area contributed by atoms with E-state index in [0.29, 0.717) is 30.7 Å². The van der Waals surface area contributed by atoms with E-state index in [2.05, 4.69) is 57.8 Å².